The van der Waals surface area contributed by atoms with E-state index in [4.69, 9.17) is 0 Å². The Labute approximate surface area is 110 Å². The van der Waals surface area contributed by atoms with Crippen LogP contribution >= 0.6 is 0 Å². The highest BCUT2D eigenvalue weighted by Crippen LogP contribution is 2.17. The largest absolute Gasteiger partial charge is 0.253 e. The van der Waals surface area contributed by atoms with Crippen LogP contribution < -0.4 is 0 Å². The molecule has 1 heterocycles. The van der Waals surface area contributed by atoms with E-state index in [2.05, 4.69) is 68.2 Å². The SMILES string of the molecule is CCc1ccc2ccc(/C=C/C(C)CC)cc2n1. The Bertz CT molecular complexity index is 555. The van der Waals surface area contributed by atoms with Gasteiger partial charge in [-0.15, -0.1) is 0 Å². The maximum absolute atomic E-state index is 4.67. The number of hydrogen-bond donors (Lipinski definition) is 0. The average Bonchev–Trinajstić information content (AvgIpc) is 2.43. The van der Waals surface area contributed by atoms with Gasteiger partial charge in [-0.1, -0.05) is 57.5 Å². The second-order valence-electron chi connectivity index (χ2n) is 4.85. The van der Waals surface area contributed by atoms with E-state index in [1.807, 2.05) is 0 Å². The molecular weight excluding hydrogens is 218 g/mol. The maximum Gasteiger partial charge on any atom is 0.0711 e. The van der Waals surface area contributed by atoms with Crippen LogP contribution in [0, 0.1) is 5.92 Å². The summed E-state index contributed by atoms with van der Waals surface area (Å²) in [5.41, 5.74) is 3.50. The van der Waals surface area contributed by atoms with Crippen molar-refractivity contribution in [3.05, 3.63) is 47.7 Å². The van der Waals surface area contributed by atoms with Crippen molar-refractivity contribution in [3.63, 3.8) is 0 Å². The van der Waals surface area contributed by atoms with Crippen molar-refractivity contribution in [3.8, 4) is 0 Å². The lowest BCUT2D eigenvalue weighted by atomic mass is 10.1. The monoisotopic (exact) mass is 239 g/mol. The third kappa shape index (κ3) is 2.98. The van der Waals surface area contributed by atoms with Crippen LogP contribution in [-0.4, -0.2) is 4.98 Å². The Hall–Kier alpha value is -1.63. The minimum atomic E-state index is 0.635. The third-order valence-electron chi connectivity index (χ3n) is 3.40. The number of allylic oxidation sites excluding steroid dienone is 1. The number of rotatable bonds is 4. The van der Waals surface area contributed by atoms with Crippen molar-refractivity contribution < 1.29 is 0 Å². The fourth-order valence-electron chi connectivity index (χ4n) is 1.89. The predicted molar refractivity (Wildman–Crippen MR) is 79.6 cm³/mol. The van der Waals surface area contributed by atoms with Gasteiger partial charge in [-0.2, -0.15) is 0 Å². The van der Waals surface area contributed by atoms with E-state index in [9.17, 15) is 0 Å². The molecule has 0 fully saturated rings. The van der Waals surface area contributed by atoms with Crippen molar-refractivity contribution in [2.75, 3.05) is 0 Å². The molecule has 0 N–H and O–H groups in total. The summed E-state index contributed by atoms with van der Waals surface area (Å²) in [6.07, 6.45) is 6.64. The Morgan fingerprint density at radius 1 is 1.17 bits per heavy atom. The van der Waals surface area contributed by atoms with Crippen LogP contribution in [0.4, 0.5) is 0 Å². The molecule has 0 aliphatic heterocycles. The average molecular weight is 239 g/mol. The van der Waals surface area contributed by atoms with Crippen molar-refractivity contribution in [1.82, 2.24) is 4.98 Å². The molecule has 0 spiro atoms. The Morgan fingerprint density at radius 3 is 2.67 bits per heavy atom. The highest BCUT2D eigenvalue weighted by molar-refractivity contribution is 5.81. The second-order valence-corrected chi connectivity index (χ2v) is 4.85. The van der Waals surface area contributed by atoms with E-state index >= 15 is 0 Å². The Morgan fingerprint density at radius 2 is 1.94 bits per heavy atom. The molecule has 2 rings (SSSR count). The summed E-state index contributed by atoms with van der Waals surface area (Å²) in [7, 11) is 0. The van der Waals surface area contributed by atoms with Crippen molar-refractivity contribution in [2.45, 2.75) is 33.6 Å². The zero-order valence-electron chi connectivity index (χ0n) is 11.5. The van der Waals surface area contributed by atoms with E-state index in [0.29, 0.717) is 5.92 Å². The van der Waals surface area contributed by atoms with Crippen LogP contribution in [0.15, 0.2) is 36.4 Å². The summed E-state index contributed by atoms with van der Waals surface area (Å²) < 4.78 is 0. The lowest BCUT2D eigenvalue weighted by molar-refractivity contribution is 0.701. The van der Waals surface area contributed by atoms with Gasteiger partial charge in [0.15, 0.2) is 0 Å². The number of aromatic nitrogens is 1. The van der Waals surface area contributed by atoms with Gasteiger partial charge in [0, 0.05) is 11.1 Å². The number of fused-ring (bicyclic) bond motifs is 1. The van der Waals surface area contributed by atoms with E-state index in [1.54, 1.807) is 0 Å². The first-order valence-corrected chi connectivity index (χ1v) is 6.80. The molecule has 0 amide bonds. The molecule has 18 heavy (non-hydrogen) atoms. The normalized spacial score (nSPS) is 13.3. The Kier molecular flexibility index (Phi) is 4.14. The van der Waals surface area contributed by atoms with Gasteiger partial charge in [0.05, 0.1) is 5.52 Å². The molecule has 0 aliphatic carbocycles. The Balaban J connectivity index is 2.33. The van der Waals surface area contributed by atoms with Crippen molar-refractivity contribution >= 4 is 17.0 Å². The summed E-state index contributed by atoms with van der Waals surface area (Å²) >= 11 is 0. The number of pyridine rings is 1. The summed E-state index contributed by atoms with van der Waals surface area (Å²) in [5, 5.41) is 1.22. The number of aryl methyl sites for hydroxylation is 1. The first kappa shape index (κ1) is 12.8. The molecule has 0 saturated heterocycles. The lowest BCUT2D eigenvalue weighted by Gasteiger charge is -2.03. The molecule has 1 aromatic carbocycles. The van der Waals surface area contributed by atoms with Crippen molar-refractivity contribution in [2.24, 2.45) is 5.92 Å². The summed E-state index contributed by atoms with van der Waals surface area (Å²) in [5.74, 6) is 0.635. The van der Waals surface area contributed by atoms with E-state index in [-0.39, 0.29) is 0 Å². The third-order valence-corrected chi connectivity index (χ3v) is 3.40. The molecule has 1 heteroatoms. The molecule has 0 saturated carbocycles. The molecule has 94 valence electrons. The molecular formula is C17H21N. The topological polar surface area (TPSA) is 12.9 Å². The molecule has 1 aromatic heterocycles. The minimum Gasteiger partial charge on any atom is -0.253 e. The molecule has 0 aliphatic rings. The molecule has 1 unspecified atom stereocenters. The van der Waals surface area contributed by atoms with Crippen molar-refractivity contribution in [1.29, 1.82) is 0 Å². The lowest BCUT2D eigenvalue weighted by Crippen LogP contribution is -1.88. The van der Waals surface area contributed by atoms with Crippen LogP contribution in [-0.2, 0) is 6.42 Å². The van der Waals surface area contributed by atoms with Gasteiger partial charge in [-0.05, 0) is 30.0 Å². The van der Waals surface area contributed by atoms with Gasteiger partial charge in [0.25, 0.3) is 0 Å². The van der Waals surface area contributed by atoms with Crippen LogP contribution in [0.1, 0.15) is 38.4 Å². The number of benzene rings is 1. The van der Waals surface area contributed by atoms with Gasteiger partial charge >= 0.3 is 0 Å². The van der Waals surface area contributed by atoms with E-state index in [0.717, 1.165) is 17.6 Å². The van der Waals surface area contributed by atoms with Crippen LogP contribution in [0.3, 0.4) is 0 Å². The number of nitrogens with zero attached hydrogens (tertiary/aromatic N) is 1. The van der Waals surface area contributed by atoms with Gasteiger partial charge in [0.2, 0.25) is 0 Å². The fourth-order valence-corrected chi connectivity index (χ4v) is 1.89. The minimum absolute atomic E-state index is 0.635. The summed E-state index contributed by atoms with van der Waals surface area (Å²) in [6, 6.07) is 10.8. The van der Waals surface area contributed by atoms with Gasteiger partial charge in [0.1, 0.15) is 0 Å². The molecule has 2 aromatic rings. The van der Waals surface area contributed by atoms with E-state index < -0.39 is 0 Å². The van der Waals surface area contributed by atoms with Gasteiger partial charge < -0.3 is 0 Å². The summed E-state index contributed by atoms with van der Waals surface area (Å²) in [4.78, 5) is 4.67. The predicted octanol–water partition coefficient (Wildman–Crippen LogP) is 4.86. The zero-order valence-corrected chi connectivity index (χ0v) is 11.5. The fraction of sp³-hybridized carbons (Fsp3) is 0.353. The van der Waals surface area contributed by atoms with Crippen LogP contribution in [0.5, 0.6) is 0 Å². The first-order valence-electron chi connectivity index (χ1n) is 6.80. The van der Waals surface area contributed by atoms with Gasteiger partial charge in [-0.25, -0.2) is 0 Å². The smallest absolute Gasteiger partial charge is 0.0711 e. The van der Waals surface area contributed by atoms with Crippen LogP contribution in [0.25, 0.3) is 17.0 Å². The van der Waals surface area contributed by atoms with Crippen LogP contribution in [0.2, 0.25) is 0 Å². The standard InChI is InChI=1S/C17H21N/c1-4-13(3)6-7-14-8-9-15-10-11-16(5-2)18-17(15)12-14/h6-13H,4-5H2,1-3H3/b7-6+. The first-order chi connectivity index (χ1) is 8.72. The molecule has 0 bridgehead atoms. The highest BCUT2D eigenvalue weighted by Gasteiger charge is 1.98. The molecule has 0 radical (unpaired) electrons. The highest BCUT2D eigenvalue weighted by atomic mass is 14.7. The summed E-state index contributed by atoms with van der Waals surface area (Å²) in [6.45, 7) is 6.59. The molecule has 1 nitrogen and oxygen atoms in total. The zero-order chi connectivity index (χ0) is 13.0. The number of hydrogen-bond acceptors (Lipinski definition) is 1. The van der Waals surface area contributed by atoms with E-state index in [1.165, 1.54) is 17.4 Å². The molecule has 1 atom stereocenters. The second kappa shape index (κ2) is 5.81. The van der Waals surface area contributed by atoms with Gasteiger partial charge in [-0.3, -0.25) is 4.98 Å². The quantitative estimate of drug-likeness (QED) is 0.742. The maximum atomic E-state index is 4.67.